The van der Waals surface area contributed by atoms with Crippen LogP contribution in [-0.2, 0) is 19.6 Å². The Morgan fingerprint density at radius 3 is 2.74 bits per heavy atom. The molecule has 0 radical (unpaired) electrons. The fraction of sp³-hybridized carbons (Fsp3) is 0.318. The van der Waals surface area contributed by atoms with Crippen molar-refractivity contribution in [2.45, 2.75) is 43.6 Å². The first-order valence-electron chi connectivity index (χ1n) is 10.7. The first-order valence-corrected chi connectivity index (χ1v) is 12.1. The third-order valence-corrected chi connectivity index (χ3v) is 6.89. The zero-order valence-electron chi connectivity index (χ0n) is 18.3. The molecule has 1 unspecified atom stereocenters. The number of fused-ring (bicyclic) bond motifs is 3. The Bertz CT molecular complexity index is 1310. The summed E-state index contributed by atoms with van der Waals surface area (Å²) in [6.45, 7) is 1.98. The number of nitro benzene ring substituents is 1. The number of anilines is 2. The molecule has 0 spiro atoms. The van der Waals surface area contributed by atoms with Gasteiger partial charge in [0, 0.05) is 30.8 Å². The Balaban J connectivity index is 1.50. The number of amides is 1. The van der Waals surface area contributed by atoms with Gasteiger partial charge in [-0.1, -0.05) is 12.5 Å². The van der Waals surface area contributed by atoms with Gasteiger partial charge in [-0.05, 0) is 44.0 Å². The summed E-state index contributed by atoms with van der Waals surface area (Å²) in [6, 6.07) is 9.55. The second-order valence-electron chi connectivity index (χ2n) is 7.97. The second-order valence-corrected chi connectivity index (χ2v) is 9.54. The van der Waals surface area contributed by atoms with Crippen LogP contribution in [0.2, 0.25) is 0 Å². The molecule has 11 nitrogen and oxygen atoms in total. The molecule has 1 atom stereocenters. The first-order chi connectivity index (χ1) is 16.2. The highest BCUT2D eigenvalue weighted by Gasteiger charge is 2.32. The van der Waals surface area contributed by atoms with Gasteiger partial charge in [0.25, 0.3) is 21.6 Å². The summed E-state index contributed by atoms with van der Waals surface area (Å²) in [6.07, 6.45) is 2.07. The number of non-ortho nitro benzene ring substituents is 1. The van der Waals surface area contributed by atoms with Crippen LogP contribution < -0.4 is 10.2 Å². The third-order valence-electron chi connectivity index (χ3n) is 5.56. The van der Waals surface area contributed by atoms with Gasteiger partial charge in [0.15, 0.2) is 6.10 Å². The van der Waals surface area contributed by atoms with E-state index in [-0.39, 0.29) is 21.8 Å². The number of ether oxygens (including phenoxy) is 1. The number of nitro groups is 1. The van der Waals surface area contributed by atoms with Gasteiger partial charge in [0.2, 0.25) is 0 Å². The maximum atomic E-state index is 12.7. The summed E-state index contributed by atoms with van der Waals surface area (Å²) < 4.78 is 34.6. The average Bonchev–Trinajstić information content (AvgIpc) is 3.03. The number of benzene rings is 2. The first kappa shape index (κ1) is 23.4. The average molecular weight is 487 g/mol. The number of sulfonamides is 1. The van der Waals surface area contributed by atoms with Crippen molar-refractivity contribution in [3.05, 3.63) is 58.1 Å². The number of carbonyl (C=O) groups is 2. The monoisotopic (exact) mass is 486 g/mol. The summed E-state index contributed by atoms with van der Waals surface area (Å²) in [7, 11) is -3.98. The third kappa shape index (κ3) is 4.76. The van der Waals surface area contributed by atoms with Gasteiger partial charge >= 0.3 is 5.97 Å². The number of hydrogen-bond acceptors (Lipinski definition) is 8. The molecule has 0 aliphatic carbocycles. The molecule has 1 N–H and O–H groups in total. The van der Waals surface area contributed by atoms with Gasteiger partial charge in [-0.3, -0.25) is 14.9 Å². The minimum absolute atomic E-state index is 0.0363. The molecule has 34 heavy (non-hydrogen) atoms. The lowest BCUT2D eigenvalue weighted by molar-refractivity contribution is -0.384. The molecule has 2 aliphatic rings. The molecule has 1 saturated heterocycles. The molecular formula is C22H22N4O7S. The highest BCUT2D eigenvalue weighted by atomic mass is 32.2. The van der Waals surface area contributed by atoms with Crippen LogP contribution in [0.25, 0.3) is 0 Å². The van der Waals surface area contributed by atoms with E-state index in [4.69, 9.17) is 4.74 Å². The smallest absolute Gasteiger partial charge is 0.338 e. The van der Waals surface area contributed by atoms with Crippen molar-refractivity contribution < 1.29 is 27.7 Å². The molecule has 0 bridgehead atoms. The van der Waals surface area contributed by atoms with Crippen molar-refractivity contribution in [2.75, 3.05) is 16.8 Å². The fourth-order valence-electron chi connectivity index (χ4n) is 3.83. The largest absolute Gasteiger partial charge is 0.449 e. The fourth-order valence-corrected chi connectivity index (χ4v) is 5.11. The van der Waals surface area contributed by atoms with Crippen molar-refractivity contribution in [2.24, 2.45) is 4.40 Å². The maximum absolute atomic E-state index is 12.7. The molecule has 0 saturated carbocycles. The summed E-state index contributed by atoms with van der Waals surface area (Å²) in [5, 5.41) is 13.3. The molecule has 2 aliphatic heterocycles. The molecule has 2 aromatic carbocycles. The van der Waals surface area contributed by atoms with Crippen LogP contribution in [0.4, 0.5) is 17.1 Å². The second kappa shape index (κ2) is 9.21. The van der Waals surface area contributed by atoms with E-state index in [0.29, 0.717) is 24.5 Å². The number of nitrogens with one attached hydrogen (secondary N) is 1. The number of esters is 1. The minimum Gasteiger partial charge on any atom is -0.449 e. The van der Waals surface area contributed by atoms with Crippen molar-refractivity contribution in [1.82, 2.24) is 0 Å². The maximum Gasteiger partial charge on any atom is 0.338 e. The van der Waals surface area contributed by atoms with Gasteiger partial charge in [-0.25, -0.2) is 4.79 Å². The molecule has 1 amide bonds. The van der Waals surface area contributed by atoms with E-state index in [1.807, 2.05) is 4.90 Å². The Kier molecular flexibility index (Phi) is 6.33. The Hall–Kier alpha value is -3.80. The molecule has 4 rings (SSSR count). The van der Waals surface area contributed by atoms with Crippen LogP contribution in [0.5, 0.6) is 0 Å². The van der Waals surface area contributed by atoms with E-state index in [2.05, 4.69) is 9.71 Å². The van der Waals surface area contributed by atoms with Crippen LogP contribution >= 0.6 is 0 Å². The van der Waals surface area contributed by atoms with Crippen molar-refractivity contribution in [3.8, 4) is 0 Å². The normalized spacial score (nSPS) is 17.3. The topological polar surface area (TPSA) is 148 Å². The van der Waals surface area contributed by atoms with E-state index in [0.717, 1.165) is 19.3 Å². The van der Waals surface area contributed by atoms with Crippen LogP contribution in [0, 0.1) is 10.1 Å². The SMILES string of the molecule is CC(OC(=O)c1ccc2c(c1)S(=O)(=O)N=C1CCCCCN12)C(=O)Nc1cccc([N+](=O)[O-])c1. The lowest BCUT2D eigenvalue weighted by Crippen LogP contribution is -2.35. The van der Waals surface area contributed by atoms with Gasteiger partial charge in [0.1, 0.15) is 10.7 Å². The van der Waals surface area contributed by atoms with Gasteiger partial charge < -0.3 is 15.0 Å². The number of rotatable bonds is 5. The lowest BCUT2D eigenvalue weighted by atomic mass is 10.1. The molecule has 0 aromatic heterocycles. The zero-order chi connectivity index (χ0) is 24.5. The minimum atomic E-state index is -3.98. The summed E-state index contributed by atoms with van der Waals surface area (Å²) >= 11 is 0. The quantitative estimate of drug-likeness (QED) is 0.385. The lowest BCUT2D eigenvalue weighted by Gasteiger charge is -2.29. The predicted molar refractivity (Wildman–Crippen MR) is 123 cm³/mol. The van der Waals surface area contributed by atoms with Crippen molar-refractivity contribution in [1.29, 1.82) is 0 Å². The Morgan fingerprint density at radius 2 is 1.97 bits per heavy atom. The number of nitrogens with zero attached hydrogens (tertiary/aromatic N) is 3. The summed E-state index contributed by atoms with van der Waals surface area (Å²) in [4.78, 5) is 37.1. The van der Waals surface area contributed by atoms with E-state index in [9.17, 15) is 28.1 Å². The highest BCUT2D eigenvalue weighted by molar-refractivity contribution is 7.90. The number of amidine groups is 1. The van der Waals surface area contributed by atoms with Crippen LogP contribution in [-0.4, -0.2) is 43.7 Å². The van der Waals surface area contributed by atoms with Crippen LogP contribution in [0.1, 0.15) is 43.0 Å². The molecular weight excluding hydrogens is 464 g/mol. The van der Waals surface area contributed by atoms with Crippen LogP contribution in [0.3, 0.4) is 0 Å². The van der Waals surface area contributed by atoms with Gasteiger partial charge in [-0.2, -0.15) is 8.42 Å². The molecule has 12 heteroatoms. The zero-order valence-corrected chi connectivity index (χ0v) is 19.1. The molecule has 1 fully saturated rings. The van der Waals surface area contributed by atoms with E-state index >= 15 is 0 Å². The molecule has 2 aromatic rings. The van der Waals surface area contributed by atoms with Gasteiger partial charge in [0.05, 0.1) is 16.2 Å². The summed E-state index contributed by atoms with van der Waals surface area (Å²) in [5.74, 6) is -1.07. The molecule has 2 heterocycles. The van der Waals surface area contributed by atoms with Gasteiger partial charge in [-0.15, -0.1) is 4.40 Å². The van der Waals surface area contributed by atoms with E-state index < -0.39 is 32.9 Å². The van der Waals surface area contributed by atoms with Crippen molar-refractivity contribution in [3.63, 3.8) is 0 Å². The highest BCUT2D eigenvalue weighted by Crippen LogP contribution is 2.35. The van der Waals surface area contributed by atoms with Crippen LogP contribution in [0.15, 0.2) is 51.8 Å². The Labute approximate surface area is 195 Å². The predicted octanol–water partition coefficient (Wildman–Crippen LogP) is 3.26. The summed E-state index contributed by atoms with van der Waals surface area (Å²) in [5.41, 5.74) is 0.409. The molecule has 178 valence electrons. The Morgan fingerprint density at radius 1 is 1.18 bits per heavy atom. The standard InChI is InChI=1S/C22H22N4O7S/c1-14(21(27)23-16-6-5-7-17(13-16)26(29)30)33-22(28)15-9-10-18-19(12-15)34(31,32)24-20-8-3-2-4-11-25(18)20/h5-7,9-10,12-14H,2-4,8,11H2,1H3,(H,23,27). The van der Waals surface area contributed by atoms with E-state index in [1.165, 1.54) is 43.3 Å². The van der Waals surface area contributed by atoms with Crippen molar-refractivity contribution >= 4 is 44.8 Å². The van der Waals surface area contributed by atoms with E-state index in [1.54, 1.807) is 6.07 Å². The number of carbonyl (C=O) groups excluding carboxylic acids is 2. The number of hydrogen-bond donors (Lipinski definition) is 1.